The van der Waals surface area contributed by atoms with Crippen LogP contribution in [0.25, 0.3) is 11.1 Å². The molecule has 2 aromatic carbocycles. The minimum atomic E-state index is -1.55. The molecule has 0 aliphatic carbocycles. The van der Waals surface area contributed by atoms with Gasteiger partial charge >= 0.3 is 5.97 Å². The number of nitrogens with two attached hydrogens (primary N) is 1. The molecule has 1 heterocycles. The van der Waals surface area contributed by atoms with E-state index in [1.807, 2.05) is 30.3 Å². The number of likely N-dealkylation sites (N-methyl/N-ethyl adjacent to an activating group) is 1. The Labute approximate surface area is 191 Å². The van der Waals surface area contributed by atoms with E-state index < -0.39 is 23.8 Å². The SMILES string of the molecule is CCOC(=O)C(C(=O)N(N)Cc1cc(C)on1)N(C)C(=O)c1ccc(-c2ccccc2)cc1. The number of esters is 1. The molecule has 1 unspecified atom stereocenters. The Bertz CT molecular complexity index is 1110. The van der Waals surface area contributed by atoms with Crippen LogP contribution < -0.4 is 5.84 Å². The van der Waals surface area contributed by atoms with Crippen molar-refractivity contribution in [3.8, 4) is 11.1 Å². The van der Waals surface area contributed by atoms with Gasteiger partial charge in [-0.1, -0.05) is 47.6 Å². The van der Waals surface area contributed by atoms with E-state index in [1.54, 1.807) is 44.2 Å². The molecule has 1 atom stereocenters. The fourth-order valence-corrected chi connectivity index (χ4v) is 3.30. The number of rotatable bonds is 8. The lowest BCUT2D eigenvalue weighted by Crippen LogP contribution is -2.55. The molecule has 33 heavy (non-hydrogen) atoms. The normalized spacial score (nSPS) is 11.5. The van der Waals surface area contributed by atoms with Crippen molar-refractivity contribution in [1.29, 1.82) is 0 Å². The minimum Gasteiger partial charge on any atom is -0.464 e. The highest BCUT2D eigenvalue weighted by Crippen LogP contribution is 2.20. The molecule has 0 bridgehead atoms. The van der Waals surface area contributed by atoms with Gasteiger partial charge in [0.05, 0.1) is 13.2 Å². The van der Waals surface area contributed by atoms with Crippen LogP contribution in [0.1, 0.15) is 28.7 Å². The zero-order valence-electron chi connectivity index (χ0n) is 18.7. The highest BCUT2D eigenvalue weighted by atomic mass is 16.5. The van der Waals surface area contributed by atoms with Gasteiger partial charge in [-0.2, -0.15) is 0 Å². The van der Waals surface area contributed by atoms with Crippen molar-refractivity contribution in [3.05, 3.63) is 77.7 Å². The maximum atomic E-state index is 13.1. The fraction of sp³-hybridized carbons (Fsp3) is 0.250. The van der Waals surface area contributed by atoms with Crippen LogP contribution in [0.3, 0.4) is 0 Å². The quantitative estimate of drug-likeness (QED) is 0.184. The number of hydrazine groups is 1. The van der Waals surface area contributed by atoms with Gasteiger partial charge in [0, 0.05) is 18.7 Å². The molecule has 172 valence electrons. The predicted octanol–water partition coefficient (Wildman–Crippen LogP) is 2.56. The van der Waals surface area contributed by atoms with E-state index in [1.165, 1.54) is 7.05 Å². The number of benzene rings is 2. The van der Waals surface area contributed by atoms with Crippen molar-refractivity contribution in [2.75, 3.05) is 13.7 Å². The second-order valence-electron chi connectivity index (χ2n) is 7.41. The number of hydrogen-bond donors (Lipinski definition) is 1. The van der Waals surface area contributed by atoms with E-state index in [-0.39, 0.29) is 13.2 Å². The molecule has 0 spiro atoms. The summed E-state index contributed by atoms with van der Waals surface area (Å²) in [7, 11) is 1.36. The van der Waals surface area contributed by atoms with E-state index >= 15 is 0 Å². The summed E-state index contributed by atoms with van der Waals surface area (Å²) in [5.74, 6) is 4.27. The predicted molar refractivity (Wildman–Crippen MR) is 120 cm³/mol. The highest BCUT2D eigenvalue weighted by molar-refractivity contribution is 6.07. The van der Waals surface area contributed by atoms with E-state index in [0.29, 0.717) is 17.0 Å². The van der Waals surface area contributed by atoms with Crippen molar-refractivity contribution >= 4 is 17.8 Å². The standard InChI is InChI=1S/C24H26N4O5/c1-4-32-24(31)21(23(30)28(25)15-20-14-16(2)33-26-20)27(3)22(29)19-12-10-18(11-13-19)17-8-6-5-7-9-17/h5-14,21H,4,15,25H2,1-3H3. The van der Waals surface area contributed by atoms with Crippen molar-refractivity contribution in [3.63, 3.8) is 0 Å². The van der Waals surface area contributed by atoms with Crippen molar-refractivity contribution in [1.82, 2.24) is 15.1 Å². The first kappa shape index (κ1) is 23.7. The van der Waals surface area contributed by atoms with Crippen molar-refractivity contribution in [2.45, 2.75) is 26.4 Å². The number of ether oxygens (including phenoxy) is 1. The Balaban J connectivity index is 1.80. The van der Waals surface area contributed by atoms with Gasteiger partial charge in [-0.25, -0.2) is 10.6 Å². The van der Waals surface area contributed by atoms with Crippen LogP contribution in [-0.2, 0) is 20.9 Å². The third-order valence-corrected chi connectivity index (χ3v) is 4.98. The van der Waals surface area contributed by atoms with E-state index in [4.69, 9.17) is 15.1 Å². The van der Waals surface area contributed by atoms with Crippen LogP contribution in [0.4, 0.5) is 0 Å². The first-order chi connectivity index (χ1) is 15.8. The van der Waals surface area contributed by atoms with Gasteiger partial charge in [0.1, 0.15) is 11.5 Å². The fourth-order valence-electron chi connectivity index (χ4n) is 3.30. The second-order valence-corrected chi connectivity index (χ2v) is 7.41. The lowest BCUT2D eigenvalue weighted by atomic mass is 10.0. The lowest BCUT2D eigenvalue weighted by molar-refractivity contribution is -0.156. The average molecular weight is 450 g/mol. The van der Waals surface area contributed by atoms with Crippen LogP contribution in [0, 0.1) is 6.92 Å². The van der Waals surface area contributed by atoms with E-state index in [9.17, 15) is 14.4 Å². The number of nitrogens with zero attached hydrogens (tertiary/aromatic N) is 3. The summed E-state index contributed by atoms with van der Waals surface area (Å²) in [6, 6.07) is 16.7. The third kappa shape index (κ3) is 5.64. The first-order valence-corrected chi connectivity index (χ1v) is 10.4. The van der Waals surface area contributed by atoms with Gasteiger partial charge in [-0.05, 0) is 37.1 Å². The molecule has 0 saturated heterocycles. The lowest BCUT2D eigenvalue weighted by Gasteiger charge is -2.28. The summed E-state index contributed by atoms with van der Waals surface area (Å²) in [5.41, 5.74) is 2.67. The second kappa shape index (κ2) is 10.6. The van der Waals surface area contributed by atoms with Crippen LogP contribution in [-0.4, -0.2) is 52.5 Å². The van der Waals surface area contributed by atoms with Crippen LogP contribution >= 0.6 is 0 Å². The third-order valence-electron chi connectivity index (χ3n) is 4.98. The van der Waals surface area contributed by atoms with Gasteiger partial charge in [-0.15, -0.1) is 0 Å². The Morgan fingerprint density at radius 3 is 2.27 bits per heavy atom. The zero-order chi connectivity index (χ0) is 24.0. The van der Waals surface area contributed by atoms with Crippen molar-refractivity contribution in [2.24, 2.45) is 5.84 Å². The largest absolute Gasteiger partial charge is 0.464 e. The number of amides is 2. The monoisotopic (exact) mass is 450 g/mol. The molecule has 0 fully saturated rings. The van der Waals surface area contributed by atoms with Crippen LogP contribution in [0.15, 0.2) is 65.2 Å². The summed E-state index contributed by atoms with van der Waals surface area (Å²) in [6.07, 6.45) is 0. The zero-order valence-corrected chi connectivity index (χ0v) is 18.7. The van der Waals surface area contributed by atoms with Gasteiger partial charge in [-0.3, -0.25) is 14.6 Å². The summed E-state index contributed by atoms with van der Waals surface area (Å²) in [6.45, 7) is 3.27. The molecule has 3 rings (SSSR count). The van der Waals surface area contributed by atoms with E-state index in [0.717, 1.165) is 21.0 Å². The molecular weight excluding hydrogens is 424 g/mol. The van der Waals surface area contributed by atoms with Crippen LogP contribution in [0.5, 0.6) is 0 Å². The Morgan fingerprint density at radius 2 is 1.70 bits per heavy atom. The molecule has 9 heteroatoms. The summed E-state index contributed by atoms with van der Waals surface area (Å²) < 4.78 is 10.0. The Morgan fingerprint density at radius 1 is 1.06 bits per heavy atom. The number of carbonyl (C=O) groups excluding carboxylic acids is 3. The Kier molecular flexibility index (Phi) is 7.57. The van der Waals surface area contributed by atoms with Gasteiger partial charge in [0.25, 0.3) is 11.8 Å². The number of hydrogen-bond acceptors (Lipinski definition) is 7. The van der Waals surface area contributed by atoms with Crippen molar-refractivity contribution < 1.29 is 23.6 Å². The molecule has 0 aliphatic heterocycles. The smallest absolute Gasteiger partial charge is 0.338 e. The average Bonchev–Trinajstić information content (AvgIpc) is 3.23. The molecule has 0 aliphatic rings. The molecule has 0 saturated carbocycles. The topological polar surface area (TPSA) is 119 Å². The number of carbonyl (C=O) groups is 3. The molecule has 2 N–H and O–H groups in total. The van der Waals surface area contributed by atoms with E-state index in [2.05, 4.69) is 5.16 Å². The number of aryl methyl sites for hydroxylation is 1. The molecule has 0 radical (unpaired) electrons. The molecule has 9 nitrogen and oxygen atoms in total. The maximum Gasteiger partial charge on any atom is 0.338 e. The van der Waals surface area contributed by atoms with Gasteiger partial charge < -0.3 is 14.2 Å². The highest BCUT2D eigenvalue weighted by Gasteiger charge is 2.38. The molecule has 1 aromatic heterocycles. The molecule has 2 amide bonds. The minimum absolute atomic E-state index is 0.0451. The van der Waals surface area contributed by atoms with Gasteiger partial charge in [0.2, 0.25) is 6.04 Å². The Hall–Kier alpha value is -3.98. The summed E-state index contributed by atoms with van der Waals surface area (Å²) in [5, 5.41) is 4.61. The maximum absolute atomic E-state index is 13.1. The first-order valence-electron chi connectivity index (χ1n) is 10.4. The number of aromatic nitrogens is 1. The molecular formula is C24H26N4O5. The summed E-state index contributed by atoms with van der Waals surface area (Å²) in [4.78, 5) is 39.8. The van der Waals surface area contributed by atoms with Crippen LogP contribution in [0.2, 0.25) is 0 Å². The molecule has 3 aromatic rings. The summed E-state index contributed by atoms with van der Waals surface area (Å²) >= 11 is 0. The van der Waals surface area contributed by atoms with Gasteiger partial charge in [0.15, 0.2) is 0 Å².